The lowest BCUT2D eigenvalue weighted by atomic mass is 9.81. The molecule has 0 saturated carbocycles. The number of rotatable bonds is 2. The van der Waals surface area contributed by atoms with Crippen molar-refractivity contribution >= 4 is 39.9 Å². The molecule has 1 unspecified atom stereocenters. The van der Waals surface area contributed by atoms with Crippen LogP contribution in [-0.2, 0) is 6.42 Å². The zero-order valence-electron chi connectivity index (χ0n) is 13.9. The first-order chi connectivity index (χ1) is 12.5. The molecule has 0 fully saturated rings. The van der Waals surface area contributed by atoms with Gasteiger partial charge >= 0.3 is 0 Å². The third-order valence-corrected chi connectivity index (χ3v) is 5.41. The van der Waals surface area contributed by atoms with Gasteiger partial charge in [-0.15, -0.1) is 0 Å². The van der Waals surface area contributed by atoms with Gasteiger partial charge in [0.15, 0.2) is 5.78 Å². The summed E-state index contributed by atoms with van der Waals surface area (Å²) in [6, 6.07) is 10.6. The van der Waals surface area contributed by atoms with Gasteiger partial charge in [-0.3, -0.25) is 9.59 Å². The zero-order chi connectivity index (χ0) is 18.4. The summed E-state index contributed by atoms with van der Waals surface area (Å²) in [4.78, 5) is 29.0. The highest BCUT2D eigenvalue weighted by molar-refractivity contribution is 6.35. The highest BCUT2D eigenvalue weighted by Crippen LogP contribution is 2.36. The molecule has 132 valence electrons. The van der Waals surface area contributed by atoms with Gasteiger partial charge < -0.3 is 9.72 Å². The van der Waals surface area contributed by atoms with Crippen molar-refractivity contribution in [1.82, 2.24) is 4.98 Å². The van der Waals surface area contributed by atoms with E-state index in [1.54, 1.807) is 18.2 Å². The van der Waals surface area contributed by atoms with Crippen molar-refractivity contribution in [3.05, 3.63) is 73.5 Å². The fourth-order valence-electron chi connectivity index (χ4n) is 3.67. The Morgan fingerprint density at radius 1 is 1.12 bits per heavy atom. The van der Waals surface area contributed by atoms with Crippen LogP contribution in [0.25, 0.3) is 10.9 Å². The fraction of sp³-hybridized carbons (Fsp3) is 0.200. The van der Waals surface area contributed by atoms with Crippen LogP contribution in [0.3, 0.4) is 0 Å². The first-order valence-corrected chi connectivity index (χ1v) is 8.95. The number of hydrogen-bond acceptors (Lipinski definition) is 3. The number of carbonyl (C=O) groups is 1. The molecular formula is C20H15Cl2NO3. The lowest BCUT2D eigenvalue weighted by molar-refractivity contribution is 0.0962. The van der Waals surface area contributed by atoms with Crippen molar-refractivity contribution in [2.24, 2.45) is 0 Å². The van der Waals surface area contributed by atoms with E-state index < -0.39 is 0 Å². The third kappa shape index (κ3) is 2.70. The molecule has 0 spiro atoms. The van der Waals surface area contributed by atoms with E-state index in [9.17, 15) is 9.59 Å². The van der Waals surface area contributed by atoms with Crippen LogP contribution in [0.1, 0.15) is 34.0 Å². The minimum Gasteiger partial charge on any atom is -0.496 e. The van der Waals surface area contributed by atoms with Crippen molar-refractivity contribution in [2.45, 2.75) is 18.8 Å². The van der Waals surface area contributed by atoms with Crippen LogP contribution in [0.5, 0.6) is 5.75 Å². The predicted octanol–water partition coefficient (Wildman–Crippen LogP) is 4.76. The molecule has 0 bridgehead atoms. The van der Waals surface area contributed by atoms with Gasteiger partial charge in [-0.1, -0.05) is 35.3 Å². The molecule has 1 aliphatic rings. The molecule has 0 saturated heterocycles. The van der Waals surface area contributed by atoms with Gasteiger partial charge in [0.05, 0.1) is 23.6 Å². The Bertz CT molecular complexity index is 1100. The predicted molar refractivity (Wildman–Crippen MR) is 103 cm³/mol. The summed E-state index contributed by atoms with van der Waals surface area (Å²) >= 11 is 12.3. The Morgan fingerprint density at radius 3 is 2.65 bits per heavy atom. The number of benzene rings is 2. The van der Waals surface area contributed by atoms with E-state index in [4.69, 9.17) is 27.9 Å². The Hall–Kier alpha value is -2.30. The maximum absolute atomic E-state index is 13.0. The SMILES string of the molecule is COc1cccc2[nH]c3c(c(=O)c12)C(=O)CC(c1ccc(Cl)cc1Cl)C3. The maximum Gasteiger partial charge on any atom is 0.204 e. The fourth-order valence-corrected chi connectivity index (χ4v) is 4.23. The molecule has 0 radical (unpaired) electrons. The van der Waals surface area contributed by atoms with Crippen molar-refractivity contribution in [2.75, 3.05) is 7.11 Å². The number of methoxy groups -OCH3 is 1. The summed E-state index contributed by atoms with van der Waals surface area (Å²) in [5.41, 5.74) is 2.11. The van der Waals surface area contributed by atoms with E-state index in [0.29, 0.717) is 38.8 Å². The van der Waals surface area contributed by atoms with Crippen LogP contribution in [0.15, 0.2) is 41.2 Å². The molecule has 0 aliphatic heterocycles. The standard InChI is InChI=1S/C20H15Cl2NO3/c1-26-17-4-2-3-14-19(17)20(25)18-15(23-14)7-10(8-16(18)24)12-6-5-11(21)9-13(12)22/h2-6,9-10H,7-8H2,1H3,(H,23,25). The molecule has 26 heavy (non-hydrogen) atoms. The Labute approximate surface area is 159 Å². The monoisotopic (exact) mass is 387 g/mol. The van der Waals surface area contributed by atoms with E-state index in [1.807, 2.05) is 18.2 Å². The molecule has 4 rings (SSSR count). The van der Waals surface area contributed by atoms with E-state index in [0.717, 1.165) is 5.56 Å². The normalized spacial score (nSPS) is 16.6. The average molecular weight is 388 g/mol. The number of pyridine rings is 1. The van der Waals surface area contributed by atoms with Crippen molar-refractivity contribution in [1.29, 1.82) is 0 Å². The molecule has 1 heterocycles. The van der Waals surface area contributed by atoms with Crippen LogP contribution in [0.2, 0.25) is 10.0 Å². The van der Waals surface area contributed by atoms with E-state index in [-0.39, 0.29) is 29.1 Å². The molecule has 2 aromatic carbocycles. The van der Waals surface area contributed by atoms with Gasteiger partial charge in [-0.25, -0.2) is 0 Å². The molecule has 6 heteroatoms. The summed E-state index contributed by atoms with van der Waals surface area (Å²) in [6.07, 6.45) is 0.767. The second-order valence-electron chi connectivity index (χ2n) is 6.38. The third-order valence-electron chi connectivity index (χ3n) is 4.85. The number of fused-ring (bicyclic) bond motifs is 2. The van der Waals surface area contributed by atoms with Crippen LogP contribution in [-0.4, -0.2) is 17.9 Å². The van der Waals surface area contributed by atoms with Crippen molar-refractivity contribution in [3.8, 4) is 5.75 Å². The van der Waals surface area contributed by atoms with Gasteiger partial charge in [0.1, 0.15) is 5.75 Å². The number of hydrogen-bond donors (Lipinski definition) is 1. The number of halogens is 2. The van der Waals surface area contributed by atoms with Gasteiger partial charge in [0.2, 0.25) is 5.43 Å². The van der Waals surface area contributed by atoms with E-state index in [2.05, 4.69) is 4.98 Å². The first kappa shape index (κ1) is 17.1. The number of aromatic nitrogens is 1. The van der Waals surface area contributed by atoms with Gasteiger partial charge in [-0.05, 0) is 42.2 Å². The highest BCUT2D eigenvalue weighted by Gasteiger charge is 2.31. The van der Waals surface area contributed by atoms with Gasteiger partial charge in [0.25, 0.3) is 0 Å². The molecule has 0 amide bonds. The van der Waals surface area contributed by atoms with E-state index >= 15 is 0 Å². The molecular weight excluding hydrogens is 373 g/mol. The number of ether oxygens (including phenoxy) is 1. The Balaban J connectivity index is 1.87. The molecule has 1 atom stereocenters. The smallest absolute Gasteiger partial charge is 0.204 e. The maximum atomic E-state index is 13.0. The Morgan fingerprint density at radius 2 is 1.92 bits per heavy atom. The summed E-state index contributed by atoms with van der Waals surface area (Å²) in [5.74, 6) is 0.178. The van der Waals surface area contributed by atoms with Crippen LogP contribution < -0.4 is 10.2 Å². The van der Waals surface area contributed by atoms with Crippen molar-refractivity contribution < 1.29 is 9.53 Å². The number of H-pyrrole nitrogens is 1. The molecule has 1 aromatic heterocycles. The Kier molecular flexibility index (Phi) is 4.25. The number of carbonyl (C=O) groups excluding carboxylic acids is 1. The second kappa shape index (κ2) is 6.45. The number of Topliss-reactive ketones (excluding diaryl/α,β-unsaturated/α-hetero) is 1. The van der Waals surface area contributed by atoms with Crippen LogP contribution in [0, 0.1) is 0 Å². The second-order valence-corrected chi connectivity index (χ2v) is 7.23. The number of ketones is 1. The number of aromatic amines is 1. The summed E-state index contributed by atoms with van der Waals surface area (Å²) in [5, 5.41) is 1.49. The summed E-state index contributed by atoms with van der Waals surface area (Å²) in [7, 11) is 1.51. The summed E-state index contributed by atoms with van der Waals surface area (Å²) < 4.78 is 5.29. The zero-order valence-corrected chi connectivity index (χ0v) is 15.4. The molecule has 3 aromatic rings. The lowest BCUT2D eigenvalue weighted by Crippen LogP contribution is -2.28. The summed E-state index contributed by atoms with van der Waals surface area (Å²) in [6.45, 7) is 0. The molecule has 1 aliphatic carbocycles. The minimum atomic E-state index is -0.281. The quantitative estimate of drug-likeness (QED) is 0.689. The number of nitrogens with one attached hydrogen (secondary N) is 1. The first-order valence-electron chi connectivity index (χ1n) is 8.19. The van der Waals surface area contributed by atoms with Gasteiger partial charge in [0, 0.05) is 22.2 Å². The van der Waals surface area contributed by atoms with Gasteiger partial charge in [-0.2, -0.15) is 0 Å². The largest absolute Gasteiger partial charge is 0.496 e. The van der Waals surface area contributed by atoms with Crippen LogP contribution in [0.4, 0.5) is 0 Å². The molecule has 1 N–H and O–H groups in total. The van der Waals surface area contributed by atoms with Crippen molar-refractivity contribution in [3.63, 3.8) is 0 Å². The highest BCUT2D eigenvalue weighted by atomic mass is 35.5. The van der Waals surface area contributed by atoms with E-state index in [1.165, 1.54) is 7.11 Å². The molecule has 4 nitrogen and oxygen atoms in total. The average Bonchev–Trinajstić information content (AvgIpc) is 2.60. The minimum absolute atomic E-state index is 0.0986. The topological polar surface area (TPSA) is 59.2 Å². The van der Waals surface area contributed by atoms with Crippen LogP contribution >= 0.6 is 23.2 Å². The lowest BCUT2D eigenvalue weighted by Gasteiger charge is -2.25.